The third kappa shape index (κ3) is 5.97. The Morgan fingerprint density at radius 1 is 1.58 bits per heavy atom. The van der Waals surface area contributed by atoms with E-state index in [0.29, 0.717) is 12.6 Å². The minimum atomic E-state index is -0.862. The van der Waals surface area contributed by atoms with E-state index in [9.17, 15) is 4.79 Å². The zero-order valence-electron chi connectivity index (χ0n) is 8.00. The molecule has 12 heavy (non-hydrogen) atoms. The SMILES string of the molecule is CC(C)NCCCN(C)C(=O)O. The molecule has 0 aromatic heterocycles. The Hall–Kier alpha value is -0.770. The summed E-state index contributed by atoms with van der Waals surface area (Å²) >= 11 is 0. The van der Waals surface area contributed by atoms with E-state index in [0.717, 1.165) is 13.0 Å². The van der Waals surface area contributed by atoms with Gasteiger partial charge in [-0.25, -0.2) is 4.79 Å². The van der Waals surface area contributed by atoms with E-state index in [-0.39, 0.29) is 0 Å². The van der Waals surface area contributed by atoms with E-state index in [1.165, 1.54) is 4.90 Å². The maximum atomic E-state index is 10.3. The predicted molar refractivity (Wildman–Crippen MR) is 48.4 cm³/mol. The summed E-state index contributed by atoms with van der Waals surface area (Å²) in [4.78, 5) is 11.6. The van der Waals surface area contributed by atoms with Crippen LogP contribution in [-0.2, 0) is 0 Å². The lowest BCUT2D eigenvalue weighted by atomic mass is 10.3. The van der Waals surface area contributed by atoms with Crippen LogP contribution in [0.5, 0.6) is 0 Å². The van der Waals surface area contributed by atoms with Gasteiger partial charge in [0.2, 0.25) is 0 Å². The minimum Gasteiger partial charge on any atom is -0.465 e. The molecule has 1 amide bonds. The third-order valence-corrected chi connectivity index (χ3v) is 1.55. The molecule has 4 nitrogen and oxygen atoms in total. The summed E-state index contributed by atoms with van der Waals surface area (Å²) < 4.78 is 0. The van der Waals surface area contributed by atoms with Crippen molar-refractivity contribution in [1.29, 1.82) is 0 Å². The molecule has 72 valence electrons. The molecule has 0 aliphatic heterocycles. The average Bonchev–Trinajstić information content (AvgIpc) is 1.97. The first-order valence-electron chi connectivity index (χ1n) is 4.21. The molecule has 0 atom stereocenters. The zero-order valence-corrected chi connectivity index (χ0v) is 8.00. The molecular weight excluding hydrogens is 156 g/mol. The minimum absolute atomic E-state index is 0.472. The molecule has 0 spiro atoms. The highest BCUT2D eigenvalue weighted by Gasteiger charge is 2.03. The fourth-order valence-electron chi connectivity index (χ4n) is 0.803. The van der Waals surface area contributed by atoms with Gasteiger partial charge in [-0.05, 0) is 13.0 Å². The fourth-order valence-corrected chi connectivity index (χ4v) is 0.803. The van der Waals surface area contributed by atoms with Crippen molar-refractivity contribution in [2.75, 3.05) is 20.1 Å². The molecule has 0 aliphatic carbocycles. The van der Waals surface area contributed by atoms with Gasteiger partial charge in [0.05, 0.1) is 0 Å². The van der Waals surface area contributed by atoms with Gasteiger partial charge in [-0.15, -0.1) is 0 Å². The van der Waals surface area contributed by atoms with Crippen LogP contribution >= 0.6 is 0 Å². The maximum Gasteiger partial charge on any atom is 0.407 e. The summed E-state index contributed by atoms with van der Waals surface area (Å²) in [5.41, 5.74) is 0. The second-order valence-corrected chi connectivity index (χ2v) is 3.17. The number of amides is 1. The van der Waals surface area contributed by atoms with Crippen LogP contribution in [-0.4, -0.2) is 42.3 Å². The van der Waals surface area contributed by atoms with Crippen molar-refractivity contribution in [2.24, 2.45) is 0 Å². The lowest BCUT2D eigenvalue weighted by Gasteiger charge is -2.13. The van der Waals surface area contributed by atoms with Gasteiger partial charge < -0.3 is 15.3 Å². The van der Waals surface area contributed by atoms with Crippen LogP contribution in [0.25, 0.3) is 0 Å². The number of hydrogen-bond donors (Lipinski definition) is 2. The van der Waals surface area contributed by atoms with E-state index in [4.69, 9.17) is 5.11 Å². The fraction of sp³-hybridized carbons (Fsp3) is 0.875. The summed E-state index contributed by atoms with van der Waals surface area (Å²) in [5, 5.41) is 11.7. The number of nitrogens with zero attached hydrogens (tertiary/aromatic N) is 1. The first kappa shape index (κ1) is 11.2. The van der Waals surface area contributed by atoms with E-state index in [1.54, 1.807) is 7.05 Å². The molecule has 2 N–H and O–H groups in total. The Morgan fingerprint density at radius 2 is 2.17 bits per heavy atom. The highest BCUT2D eigenvalue weighted by atomic mass is 16.4. The second-order valence-electron chi connectivity index (χ2n) is 3.17. The molecule has 0 bridgehead atoms. The van der Waals surface area contributed by atoms with Crippen molar-refractivity contribution in [3.8, 4) is 0 Å². The Kier molecular flexibility index (Phi) is 5.45. The normalized spacial score (nSPS) is 10.3. The molecular formula is C8H18N2O2. The summed E-state index contributed by atoms with van der Waals surface area (Å²) in [5.74, 6) is 0. The average molecular weight is 174 g/mol. The van der Waals surface area contributed by atoms with Gasteiger partial charge in [-0.1, -0.05) is 13.8 Å². The molecule has 0 heterocycles. The monoisotopic (exact) mass is 174 g/mol. The highest BCUT2D eigenvalue weighted by molar-refractivity contribution is 5.64. The van der Waals surface area contributed by atoms with Crippen LogP contribution < -0.4 is 5.32 Å². The van der Waals surface area contributed by atoms with Crippen LogP contribution in [0.3, 0.4) is 0 Å². The molecule has 0 aliphatic rings. The van der Waals surface area contributed by atoms with Crippen molar-refractivity contribution >= 4 is 6.09 Å². The number of hydrogen-bond acceptors (Lipinski definition) is 2. The number of nitrogens with one attached hydrogen (secondary N) is 1. The van der Waals surface area contributed by atoms with E-state index in [1.807, 2.05) is 0 Å². The van der Waals surface area contributed by atoms with Gasteiger partial charge in [0, 0.05) is 19.6 Å². The number of carboxylic acid groups (broad SMARTS) is 1. The van der Waals surface area contributed by atoms with E-state index < -0.39 is 6.09 Å². The Balaban J connectivity index is 3.25. The Morgan fingerprint density at radius 3 is 2.58 bits per heavy atom. The molecule has 0 aromatic rings. The quantitative estimate of drug-likeness (QED) is 0.611. The smallest absolute Gasteiger partial charge is 0.407 e. The van der Waals surface area contributed by atoms with E-state index in [2.05, 4.69) is 19.2 Å². The summed E-state index contributed by atoms with van der Waals surface area (Å²) in [6.07, 6.45) is 0.000553. The van der Waals surface area contributed by atoms with E-state index >= 15 is 0 Å². The summed E-state index contributed by atoms with van der Waals surface area (Å²) in [6, 6.07) is 0.472. The highest BCUT2D eigenvalue weighted by Crippen LogP contribution is 1.87. The van der Waals surface area contributed by atoms with Gasteiger partial charge in [0.25, 0.3) is 0 Å². The van der Waals surface area contributed by atoms with Crippen molar-refractivity contribution in [3.63, 3.8) is 0 Å². The van der Waals surface area contributed by atoms with Gasteiger partial charge in [0.15, 0.2) is 0 Å². The largest absolute Gasteiger partial charge is 0.465 e. The van der Waals surface area contributed by atoms with Crippen LogP contribution in [0, 0.1) is 0 Å². The summed E-state index contributed by atoms with van der Waals surface area (Å²) in [7, 11) is 1.58. The van der Waals surface area contributed by atoms with Crippen molar-refractivity contribution in [2.45, 2.75) is 26.3 Å². The van der Waals surface area contributed by atoms with Gasteiger partial charge in [0.1, 0.15) is 0 Å². The van der Waals surface area contributed by atoms with Crippen molar-refractivity contribution in [3.05, 3.63) is 0 Å². The first-order valence-corrected chi connectivity index (χ1v) is 4.21. The molecule has 0 rings (SSSR count). The zero-order chi connectivity index (χ0) is 9.56. The Bertz CT molecular complexity index is 137. The molecule has 0 saturated heterocycles. The van der Waals surface area contributed by atoms with Crippen molar-refractivity contribution < 1.29 is 9.90 Å². The van der Waals surface area contributed by atoms with Crippen LogP contribution in [0.1, 0.15) is 20.3 Å². The van der Waals surface area contributed by atoms with Crippen LogP contribution in [0.15, 0.2) is 0 Å². The molecule has 0 radical (unpaired) electrons. The molecule has 0 fully saturated rings. The lowest BCUT2D eigenvalue weighted by Crippen LogP contribution is -2.30. The van der Waals surface area contributed by atoms with Crippen LogP contribution in [0.2, 0.25) is 0 Å². The lowest BCUT2D eigenvalue weighted by molar-refractivity contribution is 0.155. The number of rotatable bonds is 5. The standard InChI is InChI=1S/C8H18N2O2/c1-7(2)9-5-4-6-10(3)8(11)12/h7,9H,4-6H2,1-3H3,(H,11,12). The molecule has 4 heteroatoms. The van der Waals surface area contributed by atoms with Gasteiger partial charge in [-0.2, -0.15) is 0 Å². The van der Waals surface area contributed by atoms with Crippen molar-refractivity contribution in [1.82, 2.24) is 10.2 Å². The maximum absolute atomic E-state index is 10.3. The van der Waals surface area contributed by atoms with Gasteiger partial charge >= 0.3 is 6.09 Å². The first-order chi connectivity index (χ1) is 5.54. The Labute approximate surface area is 73.6 Å². The molecule has 0 unspecified atom stereocenters. The third-order valence-electron chi connectivity index (χ3n) is 1.55. The second kappa shape index (κ2) is 5.83. The molecule has 0 aromatic carbocycles. The van der Waals surface area contributed by atoms with Gasteiger partial charge in [-0.3, -0.25) is 0 Å². The van der Waals surface area contributed by atoms with Crippen LogP contribution in [0.4, 0.5) is 4.79 Å². The molecule has 0 saturated carbocycles. The summed E-state index contributed by atoms with van der Waals surface area (Å²) in [6.45, 7) is 5.60. The topological polar surface area (TPSA) is 52.6 Å². The predicted octanol–water partition coefficient (Wildman–Crippen LogP) is 0.984. The number of carbonyl (C=O) groups is 1.